The Labute approximate surface area is 155 Å². The maximum atomic E-state index is 5.67. The maximum absolute atomic E-state index is 5.67. The molecular formula is C25H26O. The zero-order chi connectivity index (χ0) is 17.6. The third-order valence-electron chi connectivity index (χ3n) is 8.43. The van der Waals surface area contributed by atoms with E-state index >= 15 is 0 Å². The molecule has 0 aliphatic heterocycles. The maximum Gasteiger partial charge on any atom is 0.126 e. The lowest BCUT2D eigenvalue weighted by atomic mass is 9.65. The van der Waals surface area contributed by atoms with Gasteiger partial charge in [0.2, 0.25) is 0 Å². The topological polar surface area (TPSA) is 9.23 Å². The highest BCUT2D eigenvalue weighted by atomic mass is 16.5. The number of hydrogen-bond acceptors (Lipinski definition) is 1. The van der Waals surface area contributed by atoms with Crippen molar-refractivity contribution >= 4 is 10.8 Å². The van der Waals surface area contributed by atoms with Crippen molar-refractivity contribution in [3.63, 3.8) is 0 Å². The lowest BCUT2D eigenvalue weighted by Gasteiger charge is -2.38. The summed E-state index contributed by atoms with van der Waals surface area (Å²) in [6, 6.07) is 11.4. The van der Waals surface area contributed by atoms with Crippen LogP contribution in [0.25, 0.3) is 10.8 Å². The molecule has 0 heterocycles. The highest BCUT2D eigenvalue weighted by molar-refractivity contribution is 5.97. The van der Waals surface area contributed by atoms with Crippen LogP contribution in [0.4, 0.5) is 0 Å². The smallest absolute Gasteiger partial charge is 0.126 e. The minimum atomic E-state index is 0.677. The molecule has 1 nitrogen and oxygen atoms in total. The molecule has 2 bridgehead atoms. The third-order valence-corrected chi connectivity index (χ3v) is 8.43. The summed E-state index contributed by atoms with van der Waals surface area (Å²) in [5.74, 6) is 7.04. The fourth-order valence-electron chi connectivity index (χ4n) is 7.86. The standard InChI is InChI=1S/C25H26O/c1-4-13-11-14(5-2)22-19-12-18(21(13)22)24-16-8-6-7-15-20(26-3)10-9-17(23(15)16)25(19)24/h4-10,13-14,18-19,21-22,24-25H,1-2,11-12H2,3H3. The molecule has 3 saturated carbocycles. The Morgan fingerprint density at radius 2 is 1.54 bits per heavy atom. The van der Waals surface area contributed by atoms with Crippen molar-refractivity contribution < 1.29 is 4.74 Å². The highest BCUT2D eigenvalue weighted by Gasteiger charge is 2.65. The largest absolute Gasteiger partial charge is 0.496 e. The first-order valence-corrected chi connectivity index (χ1v) is 10.1. The van der Waals surface area contributed by atoms with E-state index in [1.54, 1.807) is 18.2 Å². The van der Waals surface area contributed by atoms with Crippen LogP contribution in [0.5, 0.6) is 5.75 Å². The number of hydrogen-bond donors (Lipinski definition) is 0. The van der Waals surface area contributed by atoms with E-state index in [9.17, 15) is 0 Å². The Hall–Kier alpha value is -2.02. The van der Waals surface area contributed by atoms with Crippen LogP contribution in [-0.2, 0) is 0 Å². The van der Waals surface area contributed by atoms with Crippen molar-refractivity contribution in [3.05, 3.63) is 66.8 Å². The molecule has 2 aromatic rings. The van der Waals surface area contributed by atoms with Crippen LogP contribution in [0.2, 0.25) is 0 Å². The summed E-state index contributed by atoms with van der Waals surface area (Å²) in [5, 5.41) is 2.81. The van der Waals surface area contributed by atoms with Crippen molar-refractivity contribution in [1.82, 2.24) is 0 Å². The van der Waals surface area contributed by atoms with Gasteiger partial charge in [-0.15, -0.1) is 13.2 Å². The number of ether oxygens (including phenoxy) is 1. The molecule has 0 aromatic heterocycles. The summed E-state index contributed by atoms with van der Waals surface area (Å²) in [6.07, 6.45) is 7.18. The molecule has 0 saturated heterocycles. The molecule has 0 amide bonds. The van der Waals surface area contributed by atoms with Crippen LogP contribution in [0, 0.1) is 35.5 Å². The molecule has 1 heteroatoms. The van der Waals surface area contributed by atoms with E-state index in [1.807, 2.05) is 0 Å². The summed E-state index contributed by atoms with van der Waals surface area (Å²) in [5.41, 5.74) is 3.19. The number of allylic oxidation sites excluding steroid dienone is 2. The lowest BCUT2D eigenvalue weighted by molar-refractivity contribution is 0.174. The Balaban J connectivity index is 1.55. The molecule has 4 aliphatic rings. The van der Waals surface area contributed by atoms with Gasteiger partial charge >= 0.3 is 0 Å². The number of rotatable bonds is 3. The summed E-state index contributed by atoms with van der Waals surface area (Å²) in [4.78, 5) is 0. The quantitative estimate of drug-likeness (QED) is 0.629. The van der Waals surface area contributed by atoms with Crippen LogP contribution in [0.15, 0.2) is 55.6 Å². The van der Waals surface area contributed by atoms with E-state index in [1.165, 1.54) is 23.6 Å². The summed E-state index contributed by atoms with van der Waals surface area (Å²) < 4.78 is 5.67. The molecule has 8 unspecified atom stereocenters. The van der Waals surface area contributed by atoms with Gasteiger partial charge in [0, 0.05) is 5.39 Å². The predicted molar refractivity (Wildman–Crippen MR) is 107 cm³/mol. The van der Waals surface area contributed by atoms with Crippen molar-refractivity contribution in [3.8, 4) is 5.75 Å². The first-order valence-electron chi connectivity index (χ1n) is 10.1. The van der Waals surface area contributed by atoms with Gasteiger partial charge in [-0.25, -0.2) is 0 Å². The van der Waals surface area contributed by atoms with Crippen molar-refractivity contribution in [1.29, 1.82) is 0 Å². The normalized spacial score (nSPS) is 41.3. The molecular weight excluding hydrogens is 316 g/mol. The molecule has 2 aromatic carbocycles. The number of methoxy groups -OCH3 is 1. The fraction of sp³-hybridized carbons (Fsp3) is 0.440. The average molecular weight is 342 g/mol. The minimum absolute atomic E-state index is 0.677. The second-order valence-corrected chi connectivity index (χ2v) is 8.93. The zero-order valence-electron chi connectivity index (χ0n) is 15.4. The first-order chi connectivity index (χ1) is 12.8. The van der Waals surface area contributed by atoms with Crippen LogP contribution >= 0.6 is 0 Å². The van der Waals surface area contributed by atoms with E-state index in [4.69, 9.17) is 4.74 Å². The van der Waals surface area contributed by atoms with E-state index in [0.29, 0.717) is 23.7 Å². The van der Waals surface area contributed by atoms with Crippen LogP contribution in [-0.4, -0.2) is 7.11 Å². The Morgan fingerprint density at radius 1 is 0.885 bits per heavy atom. The molecule has 0 N–H and O–H groups in total. The SMILES string of the molecule is C=CC1CC(C=C)C2C3CC(C4c5cccc6c(OC)ccc(c56)C34)C12. The monoisotopic (exact) mass is 342 g/mol. The second kappa shape index (κ2) is 5.03. The van der Waals surface area contributed by atoms with Gasteiger partial charge in [-0.3, -0.25) is 0 Å². The van der Waals surface area contributed by atoms with Crippen LogP contribution in [0.3, 0.4) is 0 Å². The first kappa shape index (κ1) is 15.1. The van der Waals surface area contributed by atoms with E-state index in [0.717, 1.165) is 29.4 Å². The van der Waals surface area contributed by atoms with Gasteiger partial charge in [-0.1, -0.05) is 36.4 Å². The molecule has 132 valence electrons. The fourth-order valence-corrected chi connectivity index (χ4v) is 7.86. The third kappa shape index (κ3) is 1.55. The lowest BCUT2D eigenvalue weighted by Crippen LogP contribution is -2.31. The molecule has 26 heavy (non-hydrogen) atoms. The van der Waals surface area contributed by atoms with Gasteiger partial charge < -0.3 is 4.74 Å². The molecule has 0 spiro atoms. The van der Waals surface area contributed by atoms with Crippen LogP contribution < -0.4 is 4.74 Å². The van der Waals surface area contributed by atoms with Crippen LogP contribution in [0.1, 0.15) is 35.8 Å². The van der Waals surface area contributed by atoms with E-state index < -0.39 is 0 Å². The van der Waals surface area contributed by atoms with E-state index in [-0.39, 0.29) is 0 Å². The molecule has 8 atom stereocenters. The highest BCUT2D eigenvalue weighted by Crippen LogP contribution is 2.74. The molecule has 4 aliphatic carbocycles. The summed E-state index contributed by atoms with van der Waals surface area (Å²) >= 11 is 0. The van der Waals surface area contributed by atoms with Crippen molar-refractivity contribution in [2.24, 2.45) is 35.5 Å². The number of benzene rings is 2. The Kier molecular flexibility index (Phi) is 2.92. The molecule has 3 fully saturated rings. The average Bonchev–Trinajstić information content (AvgIpc) is 3.40. The van der Waals surface area contributed by atoms with Gasteiger partial charge in [0.1, 0.15) is 5.75 Å². The van der Waals surface area contributed by atoms with Crippen molar-refractivity contribution in [2.45, 2.75) is 24.7 Å². The predicted octanol–water partition coefficient (Wildman–Crippen LogP) is 5.92. The van der Waals surface area contributed by atoms with Gasteiger partial charge in [0.15, 0.2) is 0 Å². The Morgan fingerprint density at radius 3 is 2.15 bits per heavy atom. The zero-order valence-corrected chi connectivity index (χ0v) is 15.4. The van der Waals surface area contributed by atoms with Gasteiger partial charge in [0.05, 0.1) is 7.11 Å². The Bertz CT molecular complexity index is 902. The molecule has 6 rings (SSSR count). The van der Waals surface area contributed by atoms with Gasteiger partial charge in [-0.05, 0) is 82.8 Å². The van der Waals surface area contributed by atoms with Crippen molar-refractivity contribution in [2.75, 3.05) is 7.11 Å². The summed E-state index contributed by atoms with van der Waals surface area (Å²) in [6.45, 7) is 8.38. The van der Waals surface area contributed by atoms with Gasteiger partial charge in [0.25, 0.3) is 0 Å². The van der Waals surface area contributed by atoms with E-state index in [2.05, 4.69) is 55.6 Å². The number of fused-ring (bicyclic) bond motifs is 10. The summed E-state index contributed by atoms with van der Waals surface area (Å²) in [7, 11) is 1.79. The minimum Gasteiger partial charge on any atom is -0.496 e. The molecule has 0 radical (unpaired) electrons. The second-order valence-electron chi connectivity index (χ2n) is 8.93. The van der Waals surface area contributed by atoms with Gasteiger partial charge in [-0.2, -0.15) is 0 Å².